The normalized spacial score (nSPS) is 19.8. The summed E-state index contributed by atoms with van der Waals surface area (Å²) in [5.74, 6) is -2.26. The van der Waals surface area contributed by atoms with E-state index in [9.17, 15) is 43.9 Å². The zero-order valence-corrected chi connectivity index (χ0v) is 17.5. The third-order valence-electron chi connectivity index (χ3n) is 5.34. The van der Waals surface area contributed by atoms with Crippen molar-refractivity contribution in [3.05, 3.63) is 59.2 Å². The van der Waals surface area contributed by atoms with Crippen molar-refractivity contribution in [3.8, 4) is 0 Å². The predicted molar refractivity (Wildman–Crippen MR) is 101 cm³/mol. The number of alkyl halides is 6. The highest BCUT2D eigenvalue weighted by Gasteiger charge is 2.38. The molecule has 1 fully saturated rings. The van der Waals surface area contributed by atoms with Gasteiger partial charge in [-0.05, 0) is 56.0 Å². The highest BCUT2D eigenvalue weighted by molar-refractivity contribution is 7.92. The van der Waals surface area contributed by atoms with E-state index in [1.807, 2.05) is 0 Å². The van der Waals surface area contributed by atoms with Gasteiger partial charge < -0.3 is 5.32 Å². The summed E-state index contributed by atoms with van der Waals surface area (Å²) in [5, 5.41) is 1.57. The first-order valence-corrected chi connectivity index (χ1v) is 11.2. The monoisotopic (exact) mass is 498 g/mol. The van der Waals surface area contributed by atoms with Crippen LogP contribution in [0.1, 0.15) is 47.3 Å². The molecule has 33 heavy (non-hydrogen) atoms. The van der Waals surface area contributed by atoms with Crippen molar-refractivity contribution < 1.29 is 43.9 Å². The lowest BCUT2D eigenvalue weighted by Gasteiger charge is -2.29. The largest absolute Gasteiger partial charge is 0.433 e. The molecule has 3 rings (SSSR count). The molecule has 0 aliphatic heterocycles. The first-order chi connectivity index (χ1) is 15.2. The number of nitrogens with one attached hydrogen (secondary N) is 1. The molecule has 1 aliphatic rings. The van der Waals surface area contributed by atoms with Crippen LogP contribution in [0, 0.1) is 5.82 Å². The number of benzene rings is 1. The summed E-state index contributed by atoms with van der Waals surface area (Å²) in [7, 11) is -4.18. The fourth-order valence-electron chi connectivity index (χ4n) is 3.57. The molecule has 0 radical (unpaired) electrons. The maximum atomic E-state index is 13.5. The van der Waals surface area contributed by atoms with Crippen LogP contribution in [0.3, 0.4) is 0 Å². The second kappa shape index (κ2) is 8.92. The highest BCUT2D eigenvalue weighted by atomic mass is 32.2. The average molecular weight is 498 g/mol. The number of hydrogen-bond donors (Lipinski definition) is 1. The van der Waals surface area contributed by atoms with Gasteiger partial charge in [-0.25, -0.2) is 12.8 Å². The Kier molecular flexibility index (Phi) is 6.74. The quantitative estimate of drug-likeness (QED) is 0.487. The van der Waals surface area contributed by atoms with Crippen molar-refractivity contribution in [2.24, 2.45) is 0 Å². The second-order valence-electron chi connectivity index (χ2n) is 7.56. The Hall–Kier alpha value is -2.70. The molecule has 0 bridgehead atoms. The number of sulfone groups is 1. The lowest BCUT2D eigenvalue weighted by molar-refractivity contribution is -0.141. The molecule has 1 amide bonds. The van der Waals surface area contributed by atoms with Crippen LogP contribution in [0.4, 0.5) is 30.7 Å². The van der Waals surface area contributed by atoms with Crippen molar-refractivity contribution in [1.82, 2.24) is 10.3 Å². The Balaban J connectivity index is 1.64. The summed E-state index contributed by atoms with van der Waals surface area (Å²) in [6, 6.07) is 2.66. The highest BCUT2D eigenvalue weighted by Crippen LogP contribution is 2.35. The number of carbonyl (C=O) groups is 1. The molecule has 1 heterocycles. The Morgan fingerprint density at radius 1 is 0.939 bits per heavy atom. The van der Waals surface area contributed by atoms with Crippen LogP contribution in [-0.4, -0.2) is 30.6 Å². The van der Waals surface area contributed by atoms with Gasteiger partial charge in [-0.3, -0.25) is 9.78 Å². The summed E-state index contributed by atoms with van der Waals surface area (Å²) in [6.07, 6.45) is -8.52. The van der Waals surface area contributed by atoms with Gasteiger partial charge in [0.2, 0.25) is 0 Å². The van der Waals surface area contributed by atoms with Gasteiger partial charge in [-0.2, -0.15) is 26.3 Å². The molecule has 0 unspecified atom stereocenters. The lowest BCUT2D eigenvalue weighted by Crippen LogP contribution is -2.40. The fourth-order valence-corrected chi connectivity index (χ4v) is 5.39. The Morgan fingerprint density at radius 2 is 1.58 bits per heavy atom. The molecule has 0 atom stereocenters. The molecule has 0 spiro atoms. The molecule has 1 N–H and O–H groups in total. The van der Waals surface area contributed by atoms with Crippen molar-refractivity contribution in [2.45, 2.75) is 54.2 Å². The number of nitrogens with zero attached hydrogens (tertiary/aromatic N) is 1. The molecular weight excluding hydrogens is 481 g/mol. The van der Waals surface area contributed by atoms with E-state index in [2.05, 4.69) is 10.3 Å². The minimum absolute atomic E-state index is 0.0251. The number of amides is 1. The number of aromatic nitrogens is 1. The molecule has 0 saturated heterocycles. The first-order valence-electron chi connectivity index (χ1n) is 9.64. The van der Waals surface area contributed by atoms with Crippen LogP contribution in [-0.2, 0) is 22.2 Å². The maximum absolute atomic E-state index is 13.5. The van der Waals surface area contributed by atoms with Crippen LogP contribution in [0.25, 0.3) is 0 Å². The number of rotatable bonds is 4. The van der Waals surface area contributed by atoms with Crippen molar-refractivity contribution in [2.75, 3.05) is 0 Å². The van der Waals surface area contributed by atoms with Crippen LogP contribution in [0.2, 0.25) is 0 Å². The van der Waals surface area contributed by atoms with E-state index in [1.54, 1.807) is 0 Å². The molecule has 1 aliphatic carbocycles. The summed E-state index contributed by atoms with van der Waals surface area (Å²) in [5.41, 5.74) is -2.93. The lowest BCUT2D eigenvalue weighted by atomic mass is 9.95. The molecule has 1 saturated carbocycles. The smallest absolute Gasteiger partial charge is 0.349 e. The van der Waals surface area contributed by atoms with Crippen molar-refractivity contribution in [3.63, 3.8) is 0 Å². The standard InChI is InChI=1S/C20H17F7N2O3S/c21-16-7-6-14(9-15(16)19(22,23)24)33(31,32)13-4-2-12(3-5-13)29-18(30)11-1-8-17(28-10-11)20(25,26)27/h1,6-10,12-13H,2-5H2,(H,29,30). The van der Waals surface area contributed by atoms with Crippen molar-refractivity contribution >= 4 is 15.7 Å². The van der Waals surface area contributed by atoms with E-state index >= 15 is 0 Å². The zero-order chi connectivity index (χ0) is 24.6. The van der Waals surface area contributed by atoms with E-state index in [0.29, 0.717) is 12.1 Å². The van der Waals surface area contributed by atoms with E-state index < -0.39 is 61.4 Å². The minimum Gasteiger partial charge on any atom is -0.349 e. The molecule has 5 nitrogen and oxygen atoms in total. The minimum atomic E-state index is -5.05. The van der Waals surface area contributed by atoms with Gasteiger partial charge in [0.15, 0.2) is 9.84 Å². The predicted octanol–water partition coefficient (Wildman–Crippen LogP) is 4.77. The van der Waals surface area contributed by atoms with E-state index in [4.69, 9.17) is 0 Å². The molecular formula is C20H17F7N2O3S. The van der Waals surface area contributed by atoms with Gasteiger partial charge in [0.25, 0.3) is 5.91 Å². The zero-order valence-electron chi connectivity index (χ0n) is 16.7. The van der Waals surface area contributed by atoms with Crippen LogP contribution >= 0.6 is 0 Å². The van der Waals surface area contributed by atoms with Gasteiger partial charge in [0.1, 0.15) is 11.5 Å². The maximum Gasteiger partial charge on any atom is 0.433 e. The second-order valence-corrected chi connectivity index (χ2v) is 9.79. The van der Waals surface area contributed by atoms with Crippen molar-refractivity contribution in [1.29, 1.82) is 0 Å². The Morgan fingerprint density at radius 3 is 2.09 bits per heavy atom. The van der Waals surface area contributed by atoms with Crippen LogP contribution < -0.4 is 5.32 Å². The van der Waals surface area contributed by atoms with Gasteiger partial charge in [0.05, 0.1) is 21.3 Å². The Bertz CT molecular complexity index is 1120. The molecule has 2 aromatic rings. The van der Waals surface area contributed by atoms with Crippen LogP contribution in [0.15, 0.2) is 41.4 Å². The topological polar surface area (TPSA) is 76.1 Å². The Labute approximate surface area is 183 Å². The van der Waals surface area contributed by atoms with E-state index in [-0.39, 0.29) is 37.3 Å². The van der Waals surface area contributed by atoms with E-state index in [1.165, 1.54) is 0 Å². The SMILES string of the molecule is O=C(NC1CCC(S(=O)(=O)c2ccc(F)c(C(F)(F)F)c2)CC1)c1ccc(C(F)(F)F)nc1. The molecule has 1 aromatic heterocycles. The molecule has 1 aromatic carbocycles. The summed E-state index contributed by atoms with van der Waals surface area (Å²) in [4.78, 5) is 14.8. The number of halogens is 7. The fraction of sp³-hybridized carbons (Fsp3) is 0.400. The van der Waals surface area contributed by atoms with E-state index in [0.717, 1.165) is 18.3 Å². The third-order valence-corrected chi connectivity index (χ3v) is 7.60. The van der Waals surface area contributed by atoms with Gasteiger partial charge in [0, 0.05) is 12.2 Å². The number of pyridine rings is 1. The summed E-state index contributed by atoms with van der Waals surface area (Å²) in [6.45, 7) is 0. The number of hydrogen-bond acceptors (Lipinski definition) is 4. The number of carbonyl (C=O) groups excluding carboxylic acids is 1. The molecule has 13 heteroatoms. The van der Waals surface area contributed by atoms with Gasteiger partial charge >= 0.3 is 12.4 Å². The van der Waals surface area contributed by atoms with Crippen LogP contribution in [0.5, 0.6) is 0 Å². The van der Waals surface area contributed by atoms with Gasteiger partial charge in [-0.15, -0.1) is 0 Å². The first kappa shape index (κ1) is 24.9. The summed E-state index contributed by atoms with van der Waals surface area (Å²) < 4.78 is 115. The average Bonchev–Trinajstić information content (AvgIpc) is 2.73. The summed E-state index contributed by atoms with van der Waals surface area (Å²) >= 11 is 0. The van der Waals surface area contributed by atoms with Gasteiger partial charge in [-0.1, -0.05) is 0 Å². The third kappa shape index (κ3) is 5.63. The molecule has 180 valence electrons.